The average Bonchev–Trinajstić information content (AvgIpc) is 3.05. The van der Waals surface area contributed by atoms with Crippen molar-refractivity contribution in [1.29, 1.82) is 0 Å². The summed E-state index contributed by atoms with van der Waals surface area (Å²) in [7, 11) is -3.05. The highest BCUT2D eigenvalue weighted by Gasteiger charge is 2.35. The molecule has 8 nitrogen and oxygen atoms in total. The van der Waals surface area contributed by atoms with Crippen molar-refractivity contribution in [2.24, 2.45) is 10.9 Å². The Balaban J connectivity index is 1.57. The SMILES string of the molecule is C=C/C(=C\N=C(C)N1CC(S(C)(=O)=O)C1)N1CCC(Cc2ccc(OCC(C)(F)F)nc2)C1=O. The minimum Gasteiger partial charge on any atom is -0.471 e. The predicted octanol–water partition coefficient (Wildman–Crippen LogP) is 2.68. The van der Waals surface area contributed by atoms with Gasteiger partial charge in [-0.3, -0.25) is 4.79 Å². The Hall–Kier alpha value is -2.82. The molecule has 0 radical (unpaired) electrons. The molecular weight excluding hydrogens is 466 g/mol. The molecule has 0 aromatic carbocycles. The third-order valence-corrected chi connectivity index (χ3v) is 7.39. The molecule has 3 heterocycles. The minimum absolute atomic E-state index is 0.0500. The number of rotatable bonds is 9. The van der Waals surface area contributed by atoms with Crippen molar-refractivity contribution in [1.82, 2.24) is 14.8 Å². The van der Waals surface area contributed by atoms with Crippen LogP contribution in [0.2, 0.25) is 0 Å². The lowest BCUT2D eigenvalue weighted by Gasteiger charge is -2.39. The molecule has 1 aromatic rings. The molecule has 1 aromatic heterocycles. The van der Waals surface area contributed by atoms with E-state index in [-0.39, 0.29) is 23.0 Å². The highest BCUT2D eigenvalue weighted by molar-refractivity contribution is 7.91. The second kappa shape index (κ2) is 10.2. The normalized spacial score (nSPS) is 20.5. The zero-order valence-corrected chi connectivity index (χ0v) is 20.4. The van der Waals surface area contributed by atoms with Crippen molar-refractivity contribution >= 4 is 21.6 Å². The third kappa shape index (κ3) is 6.62. The highest BCUT2D eigenvalue weighted by atomic mass is 32.2. The van der Waals surface area contributed by atoms with E-state index in [1.807, 2.05) is 4.90 Å². The fourth-order valence-electron chi connectivity index (χ4n) is 3.73. The zero-order chi connectivity index (χ0) is 25.1. The Kier molecular flexibility index (Phi) is 7.74. The molecule has 0 aliphatic carbocycles. The number of halogens is 2. The van der Waals surface area contributed by atoms with Gasteiger partial charge in [-0.1, -0.05) is 12.6 Å². The van der Waals surface area contributed by atoms with Crippen LogP contribution in [0.1, 0.15) is 25.8 Å². The van der Waals surface area contributed by atoms with E-state index in [9.17, 15) is 22.0 Å². The molecule has 1 unspecified atom stereocenters. The van der Waals surface area contributed by atoms with E-state index in [4.69, 9.17) is 4.74 Å². The van der Waals surface area contributed by atoms with Crippen LogP contribution in [0.5, 0.6) is 5.88 Å². The molecule has 0 saturated carbocycles. The summed E-state index contributed by atoms with van der Waals surface area (Å²) >= 11 is 0. The minimum atomic E-state index is -3.05. The molecule has 34 heavy (non-hydrogen) atoms. The van der Waals surface area contributed by atoms with Gasteiger partial charge in [0.2, 0.25) is 11.8 Å². The predicted molar refractivity (Wildman–Crippen MR) is 125 cm³/mol. The number of amidine groups is 1. The molecule has 2 fully saturated rings. The van der Waals surface area contributed by atoms with Crippen molar-refractivity contribution in [2.75, 3.05) is 32.5 Å². The molecule has 0 bridgehead atoms. The summed E-state index contributed by atoms with van der Waals surface area (Å²) in [5.74, 6) is -2.44. The summed E-state index contributed by atoms with van der Waals surface area (Å²) in [6.07, 6.45) is 7.04. The van der Waals surface area contributed by atoms with E-state index in [1.165, 1.54) is 18.5 Å². The van der Waals surface area contributed by atoms with Crippen molar-refractivity contribution in [3.05, 3.63) is 48.4 Å². The molecule has 3 rings (SSSR count). The van der Waals surface area contributed by atoms with E-state index in [0.717, 1.165) is 12.5 Å². The summed E-state index contributed by atoms with van der Waals surface area (Å²) in [6.45, 7) is 6.97. The number of carbonyl (C=O) groups is 1. The molecule has 1 amide bonds. The number of amides is 1. The second-order valence-corrected chi connectivity index (χ2v) is 11.2. The largest absolute Gasteiger partial charge is 0.471 e. The van der Waals surface area contributed by atoms with Crippen molar-refractivity contribution in [2.45, 2.75) is 37.9 Å². The molecule has 2 aliphatic rings. The maximum absolute atomic E-state index is 13.0. The summed E-state index contributed by atoms with van der Waals surface area (Å²) < 4.78 is 53.9. The van der Waals surface area contributed by atoms with Gasteiger partial charge in [-0.2, -0.15) is 0 Å². The summed E-state index contributed by atoms with van der Waals surface area (Å²) in [5, 5.41) is -0.371. The number of aliphatic imine (C=N–C) groups is 1. The maximum atomic E-state index is 13.0. The number of alkyl halides is 2. The lowest BCUT2D eigenvalue weighted by atomic mass is 9.99. The molecular formula is C23H30F2N4O4S. The average molecular weight is 497 g/mol. The van der Waals surface area contributed by atoms with Crippen LogP contribution in [0.3, 0.4) is 0 Å². The van der Waals surface area contributed by atoms with Crippen LogP contribution in [0.4, 0.5) is 8.78 Å². The maximum Gasteiger partial charge on any atom is 0.278 e. The smallest absolute Gasteiger partial charge is 0.278 e. The number of ether oxygens (including phenoxy) is 1. The first kappa shape index (κ1) is 25.8. The van der Waals surface area contributed by atoms with Crippen LogP contribution in [0.25, 0.3) is 0 Å². The van der Waals surface area contributed by atoms with E-state index >= 15 is 0 Å². The van der Waals surface area contributed by atoms with E-state index in [2.05, 4.69) is 16.6 Å². The summed E-state index contributed by atoms with van der Waals surface area (Å²) in [5.41, 5.74) is 1.39. The van der Waals surface area contributed by atoms with Gasteiger partial charge in [-0.05, 0) is 31.4 Å². The Morgan fingerprint density at radius 3 is 2.65 bits per heavy atom. The topological polar surface area (TPSA) is 92.2 Å². The number of hydrogen-bond acceptors (Lipinski definition) is 6. The number of pyridine rings is 1. The Morgan fingerprint density at radius 1 is 1.38 bits per heavy atom. The fourth-order valence-corrected chi connectivity index (χ4v) is 4.64. The first-order valence-corrected chi connectivity index (χ1v) is 12.9. The van der Waals surface area contributed by atoms with E-state index < -0.39 is 22.4 Å². The quantitative estimate of drug-likeness (QED) is 0.297. The van der Waals surface area contributed by atoms with Crippen molar-refractivity contribution in [3.8, 4) is 5.88 Å². The lowest BCUT2D eigenvalue weighted by molar-refractivity contribution is -0.129. The molecule has 2 aliphatic heterocycles. The second-order valence-electron chi connectivity index (χ2n) is 8.83. The van der Waals surface area contributed by atoms with Gasteiger partial charge in [0.25, 0.3) is 5.92 Å². The molecule has 0 spiro atoms. The number of nitrogens with zero attached hydrogens (tertiary/aromatic N) is 4. The van der Waals surface area contributed by atoms with Crippen LogP contribution in [0.15, 0.2) is 47.9 Å². The monoisotopic (exact) mass is 496 g/mol. The standard InChI is InChI=1S/C23H30F2N4O4S/c1-5-19(12-26-16(2)28-13-20(14-28)34(4,31)32)29-9-8-18(22(29)30)10-17-6-7-21(27-11-17)33-15-23(3,24)25/h5-7,11-12,18,20H,1,8-10,13-15H2,2-4H3/b19-12+,26-16?. The van der Waals surface area contributed by atoms with Gasteiger partial charge in [0.1, 0.15) is 5.84 Å². The van der Waals surface area contributed by atoms with E-state index in [0.29, 0.717) is 44.0 Å². The molecule has 0 N–H and O–H groups in total. The zero-order valence-electron chi connectivity index (χ0n) is 19.6. The van der Waals surface area contributed by atoms with Crippen LogP contribution in [0, 0.1) is 5.92 Å². The third-order valence-electron chi connectivity index (χ3n) is 5.89. The van der Waals surface area contributed by atoms with E-state index in [1.54, 1.807) is 30.2 Å². The van der Waals surface area contributed by atoms with Gasteiger partial charge in [0.15, 0.2) is 16.4 Å². The number of likely N-dealkylation sites (tertiary alicyclic amines) is 2. The first-order chi connectivity index (χ1) is 15.9. The molecule has 11 heteroatoms. The molecule has 2 saturated heterocycles. The fraction of sp³-hybridized carbons (Fsp3) is 0.522. The van der Waals surface area contributed by atoms with Crippen LogP contribution in [-0.4, -0.2) is 78.6 Å². The van der Waals surface area contributed by atoms with Crippen LogP contribution in [-0.2, 0) is 21.1 Å². The van der Waals surface area contributed by atoms with Crippen LogP contribution < -0.4 is 4.74 Å². The molecule has 186 valence electrons. The number of hydrogen-bond donors (Lipinski definition) is 0. The first-order valence-electron chi connectivity index (χ1n) is 10.9. The van der Waals surface area contributed by atoms with Gasteiger partial charge in [-0.25, -0.2) is 27.2 Å². The Labute approximate surface area is 198 Å². The van der Waals surface area contributed by atoms with Gasteiger partial charge in [0, 0.05) is 51.0 Å². The number of allylic oxidation sites excluding steroid dienone is 1. The van der Waals surface area contributed by atoms with Crippen molar-refractivity contribution in [3.63, 3.8) is 0 Å². The molecule has 1 atom stereocenters. The summed E-state index contributed by atoms with van der Waals surface area (Å²) in [6, 6.07) is 3.25. The lowest BCUT2D eigenvalue weighted by Crippen LogP contribution is -2.56. The Bertz CT molecular complexity index is 1080. The van der Waals surface area contributed by atoms with Gasteiger partial charge in [-0.15, -0.1) is 0 Å². The number of aromatic nitrogens is 1. The van der Waals surface area contributed by atoms with Gasteiger partial charge < -0.3 is 14.5 Å². The van der Waals surface area contributed by atoms with Crippen LogP contribution >= 0.6 is 0 Å². The van der Waals surface area contributed by atoms with Gasteiger partial charge in [0.05, 0.1) is 17.1 Å². The highest BCUT2D eigenvalue weighted by Crippen LogP contribution is 2.27. The van der Waals surface area contributed by atoms with Crippen molar-refractivity contribution < 1.29 is 26.7 Å². The Morgan fingerprint density at radius 2 is 2.09 bits per heavy atom. The number of sulfone groups is 1. The number of carbonyl (C=O) groups excluding carboxylic acids is 1. The van der Waals surface area contributed by atoms with Gasteiger partial charge >= 0.3 is 0 Å². The summed E-state index contributed by atoms with van der Waals surface area (Å²) in [4.78, 5) is 24.9.